The zero-order chi connectivity index (χ0) is 12.3. The first-order chi connectivity index (χ1) is 8.19. The Morgan fingerprint density at radius 3 is 2.94 bits per heavy atom. The lowest BCUT2D eigenvalue weighted by Crippen LogP contribution is -2.01. The summed E-state index contributed by atoms with van der Waals surface area (Å²) in [7, 11) is 0. The molecule has 0 fully saturated rings. The van der Waals surface area contributed by atoms with Gasteiger partial charge in [0.2, 0.25) is 5.88 Å². The van der Waals surface area contributed by atoms with Gasteiger partial charge in [0.1, 0.15) is 5.75 Å². The number of aromatic nitrogens is 2. The van der Waals surface area contributed by atoms with Gasteiger partial charge >= 0.3 is 0 Å². The summed E-state index contributed by atoms with van der Waals surface area (Å²) >= 11 is 6.02. The maximum absolute atomic E-state index is 6.02. The SMILES string of the molecule is Cc1ccc(Cl)c(Oc2cncc(CN)n2)c1. The van der Waals surface area contributed by atoms with E-state index in [0.29, 0.717) is 28.9 Å². The summed E-state index contributed by atoms with van der Waals surface area (Å²) < 4.78 is 5.57. The minimum Gasteiger partial charge on any atom is -0.436 e. The van der Waals surface area contributed by atoms with Gasteiger partial charge in [-0.05, 0) is 24.6 Å². The van der Waals surface area contributed by atoms with E-state index in [9.17, 15) is 0 Å². The van der Waals surface area contributed by atoms with E-state index in [-0.39, 0.29) is 0 Å². The lowest BCUT2D eigenvalue weighted by molar-refractivity contribution is 0.457. The standard InChI is InChI=1S/C12H12ClN3O/c1-8-2-3-10(13)11(4-8)17-12-7-15-6-9(5-14)16-12/h2-4,6-7H,5,14H2,1H3. The molecule has 1 aromatic carbocycles. The number of hydrogen-bond acceptors (Lipinski definition) is 4. The van der Waals surface area contributed by atoms with Crippen molar-refractivity contribution in [3.63, 3.8) is 0 Å². The largest absolute Gasteiger partial charge is 0.436 e. The topological polar surface area (TPSA) is 61.0 Å². The number of ether oxygens (including phenoxy) is 1. The molecule has 0 aliphatic heterocycles. The first-order valence-electron chi connectivity index (χ1n) is 5.14. The van der Waals surface area contributed by atoms with Gasteiger partial charge in [-0.3, -0.25) is 4.98 Å². The van der Waals surface area contributed by atoms with Gasteiger partial charge < -0.3 is 10.5 Å². The summed E-state index contributed by atoms with van der Waals surface area (Å²) in [6.45, 7) is 2.29. The summed E-state index contributed by atoms with van der Waals surface area (Å²) in [5.74, 6) is 0.954. The normalized spacial score (nSPS) is 10.3. The lowest BCUT2D eigenvalue weighted by atomic mass is 10.2. The van der Waals surface area contributed by atoms with E-state index in [0.717, 1.165) is 5.56 Å². The molecule has 2 rings (SSSR count). The van der Waals surface area contributed by atoms with Gasteiger partial charge in [-0.2, -0.15) is 0 Å². The van der Waals surface area contributed by atoms with Crippen LogP contribution in [0.2, 0.25) is 5.02 Å². The van der Waals surface area contributed by atoms with Crippen molar-refractivity contribution in [1.82, 2.24) is 9.97 Å². The van der Waals surface area contributed by atoms with Crippen molar-refractivity contribution in [1.29, 1.82) is 0 Å². The third kappa shape index (κ3) is 2.93. The Hall–Kier alpha value is -1.65. The molecule has 0 aliphatic rings. The van der Waals surface area contributed by atoms with Crippen molar-refractivity contribution >= 4 is 11.6 Å². The Bertz CT molecular complexity index is 531. The molecule has 0 spiro atoms. The van der Waals surface area contributed by atoms with Gasteiger partial charge in [-0.15, -0.1) is 0 Å². The average Bonchev–Trinajstić information content (AvgIpc) is 2.34. The molecule has 0 radical (unpaired) electrons. The third-order valence-corrected chi connectivity index (χ3v) is 2.48. The predicted octanol–water partition coefficient (Wildman–Crippen LogP) is 2.69. The van der Waals surface area contributed by atoms with Crippen LogP contribution in [-0.4, -0.2) is 9.97 Å². The Balaban J connectivity index is 2.27. The van der Waals surface area contributed by atoms with Crippen LogP contribution >= 0.6 is 11.6 Å². The van der Waals surface area contributed by atoms with Crippen LogP contribution in [0, 0.1) is 6.92 Å². The highest BCUT2D eigenvalue weighted by atomic mass is 35.5. The molecule has 0 unspecified atom stereocenters. The second-order valence-corrected chi connectivity index (χ2v) is 4.00. The highest BCUT2D eigenvalue weighted by molar-refractivity contribution is 6.32. The number of aryl methyl sites for hydroxylation is 1. The van der Waals surface area contributed by atoms with Crippen molar-refractivity contribution in [3.8, 4) is 11.6 Å². The summed E-state index contributed by atoms with van der Waals surface area (Å²) in [4.78, 5) is 8.18. The van der Waals surface area contributed by atoms with Crippen LogP contribution in [-0.2, 0) is 6.54 Å². The Morgan fingerprint density at radius 2 is 2.18 bits per heavy atom. The summed E-state index contributed by atoms with van der Waals surface area (Å²) in [6, 6.07) is 5.54. The smallest absolute Gasteiger partial charge is 0.238 e. The van der Waals surface area contributed by atoms with E-state index in [4.69, 9.17) is 22.1 Å². The molecule has 0 atom stereocenters. The molecule has 2 N–H and O–H groups in total. The number of nitrogens with zero attached hydrogens (tertiary/aromatic N) is 2. The van der Waals surface area contributed by atoms with E-state index < -0.39 is 0 Å². The molecule has 1 heterocycles. The van der Waals surface area contributed by atoms with Crippen LogP contribution in [0.5, 0.6) is 11.6 Å². The second-order valence-electron chi connectivity index (χ2n) is 3.59. The number of rotatable bonds is 3. The fraction of sp³-hybridized carbons (Fsp3) is 0.167. The van der Waals surface area contributed by atoms with E-state index in [2.05, 4.69) is 9.97 Å². The van der Waals surface area contributed by atoms with Crippen LogP contribution in [0.15, 0.2) is 30.6 Å². The van der Waals surface area contributed by atoms with Crippen molar-refractivity contribution < 1.29 is 4.74 Å². The van der Waals surface area contributed by atoms with Crippen molar-refractivity contribution in [2.75, 3.05) is 0 Å². The van der Waals surface area contributed by atoms with Crippen LogP contribution in [0.3, 0.4) is 0 Å². The molecule has 5 heteroatoms. The molecule has 4 nitrogen and oxygen atoms in total. The number of hydrogen-bond donors (Lipinski definition) is 1. The van der Waals surface area contributed by atoms with Crippen molar-refractivity contribution in [3.05, 3.63) is 46.9 Å². The van der Waals surface area contributed by atoms with Crippen LogP contribution in [0.1, 0.15) is 11.3 Å². The Morgan fingerprint density at radius 1 is 1.35 bits per heavy atom. The highest BCUT2D eigenvalue weighted by Gasteiger charge is 2.05. The molecule has 88 valence electrons. The van der Waals surface area contributed by atoms with Gasteiger partial charge in [-0.1, -0.05) is 17.7 Å². The van der Waals surface area contributed by atoms with Gasteiger partial charge in [0.25, 0.3) is 0 Å². The first kappa shape index (κ1) is 11.8. The molecular weight excluding hydrogens is 238 g/mol. The van der Waals surface area contributed by atoms with Crippen LogP contribution in [0.25, 0.3) is 0 Å². The van der Waals surface area contributed by atoms with Crippen molar-refractivity contribution in [2.24, 2.45) is 5.73 Å². The quantitative estimate of drug-likeness (QED) is 0.909. The molecule has 0 saturated heterocycles. The maximum Gasteiger partial charge on any atom is 0.238 e. The summed E-state index contributed by atoms with van der Waals surface area (Å²) in [5, 5.41) is 0.538. The minimum atomic E-state index is 0.325. The zero-order valence-electron chi connectivity index (χ0n) is 9.35. The van der Waals surface area contributed by atoms with E-state index in [1.165, 1.54) is 6.20 Å². The summed E-state index contributed by atoms with van der Waals surface area (Å²) in [5.41, 5.74) is 7.22. The van der Waals surface area contributed by atoms with E-state index in [1.54, 1.807) is 12.3 Å². The monoisotopic (exact) mass is 249 g/mol. The van der Waals surface area contributed by atoms with Gasteiger partial charge in [-0.25, -0.2) is 4.98 Å². The van der Waals surface area contributed by atoms with Crippen LogP contribution < -0.4 is 10.5 Å². The molecule has 0 bridgehead atoms. The molecule has 17 heavy (non-hydrogen) atoms. The Labute approximate surface area is 104 Å². The maximum atomic E-state index is 6.02. The fourth-order valence-corrected chi connectivity index (χ4v) is 1.49. The van der Waals surface area contributed by atoms with Gasteiger partial charge in [0, 0.05) is 12.7 Å². The minimum absolute atomic E-state index is 0.325. The molecule has 0 saturated carbocycles. The zero-order valence-corrected chi connectivity index (χ0v) is 10.1. The molecule has 2 aromatic rings. The Kier molecular flexibility index (Phi) is 3.56. The van der Waals surface area contributed by atoms with E-state index >= 15 is 0 Å². The summed E-state index contributed by atoms with van der Waals surface area (Å²) in [6.07, 6.45) is 3.13. The molecular formula is C12H12ClN3O. The highest BCUT2D eigenvalue weighted by Crippen LogP contribution is 2.28. The first-order valence-corrected chi connectivity index (χ1v) is 5.52. The number of nitrogens with two attached hydrogens (primary N) is 1. The van der Waals surface area contributed by atoms with E-state index in [1.807, 2.05) is 19.1 Å². The number of benzene rings is 1. The third-order valence-electron chi connectivity index (χ3n) is 2.17. The lowest BCUT2D eigenvalue weighted by Gasteiger charge is -2.07. The van der Waals surface area contributed by atoms with Crippen molar-refractivity contribution in [2.45, 2.75) is 13.5 Å². The molecule has 0 aliphatic carbocycles. The van der Waals surface area contributed by atoms with Crippen LogP contribution in [0.4, 0.5) is 0 Å². The van der Waals surface area contributed by atoms with Gasteiger partial charge in [0.05, 0.1) is 16.9 Å². The van der Waals surface area contributed by atoms with Gasteiger partial charge in [0.15, 0.2) is 0 Å². The second kappa shape index (κ2) is 5.12. The average molecular weight is 250 g/mol. The molecule has 1 aromatic heterocycles. The molecule has 0 amide bonds. The predicted molar refractivity (Wildman–Crippen MR) is 66.2 cm³/mol. The number of halogens is 1. The fourth-order valence-electron chi connectivity index (χ4n) is 1.34.